The number of amidine groups is 1. The molecule has 0 aliphatic carbocycles. The molecule has 2 aliphatic heterocycles. The molecule has 168 valence electrons. The van der Waals surface area contributed by atoms with Gasteiger partial charge in [0.25, 0.3) is 0 Å². The summed E-state index contributed by atoms with van der Waals surface area (Å²) >= 11 is 0. The number of ether oxygens (including phenoxy) is 1. The number of hydrogen-bond donors (Lipinski definition) is 0. The molecule has 1 aromatic heterocycles. The van der Waals surface area contributed by atoms with E-state index < -0.39 is 5.54 Å². The van der Waals surface area contributed by atoms with Gasteiger partial charge in [0.15, 0.2) is 0 Å². The number of imidazole rings is 1. The average Bonchev–Trinajstić information content (AvgIpc) is 3.40. The number of fused-ring (bicyclic) bond motifs is 1. The van der Waals surface area contributed by atoms with Crippen molar-refractivity contribution in [1.82, 2.24) is 14.5 Å². The maximum Gasteiger partial charge on any atom is 0.229 e. The number of aromatic nitrogens is 2. The molecule has 3 aromatic rings. The molecule has 1 atom stereocenters. The third-order valence-corrected chi connectivity index (χ3v) is 6.39. The van der Waals surface area contributed by atoms with Gasteiger partial charge in [-0.05, 0) is 67.3 Å². The van der Waals surface area contributed by atoms with E-state index in [1.807, 2.05) is 42.8 Å². The van der Waals surface area contributed by atoms with Gasteiger partial charge in [0.2, 0.25) is 5.91 Å². The quantitative estimate of drug-likeness (QED) is 0.588. The van der Waals surface area contributed by atoms with Gasteiger partial charge in [-0.3, -0.25) is 14.7 Å². The van der Waals surface area contributed by atoms with Crippen molar-refractivity contribution in [2.75, 3.05) is 13.7 Å². The predicted molar refractivity (Wildman–Crippen MR) is 125 cm³/mol. The molecular weight excluding hydrogens is 419 g/mol. The van der Waals surface area contributed by atoms with Crippen LogP contribution < -0.4 is 4.74 Å². The third-order valence-electron chi connectivity index (χ3n) is 6.39. The molecule has 2 aromatic carbocycles. The van der Waals surface area contributed by atoms with Crippen LogP contribution >= 0.6 is 0 Å². The van der Waals surface area contributed by atoms with Gasteiger partial charge in [-0.2, -0.15) is 0 Å². The largest absolute Gasteiger partial charge is 0.495 e. The van der Waals surface area contributed by atoms with Crippen LogP contribution in [0.25, 0.3) is 11.8 Å². The molecule has 0 spiro atoms. The summed E-state index contributed by atoms with van der Waals surface area (Å²) in [6, 6.07) is 12.3. The van der Waals surface area contributed by atoms with Crippen LogP contribution in [0, 0.1) is 12.7 Å². The van der Waals surface area contributed by atoms with Crippen LogP contribution in [0.5, 0.6) is 5.75 Å². The Morgan fingerprint density at radius 1 is 1.15 bits per heavy atom. The second-order valence-corrected chi connectivity index (χ2v) is 8.67. The van der Waals surface area contributed by atoms with E-state index in [0.29, 0.717) is 25.2 Å². The summed E-state index contributed by atoms with van der Waals surface area (Å²) < 4.78 is 21.1. The first-order valence-electron chi connectivity index (χ1n) is 10.9. The van der Waals surface area contributed by atoms with E-state index >= 15 is 0 Å². The molecule has 33 heavy (non-hydrogen) atoms. The molecular formula is C26H25FN4O2. The highest BCUT2D eigenvalue weighted by Crippen LogP contribution is 2.40. The zero-order valence-corrected chi connectivity index (χ0v) is 18.9. The number of amides is 1. The fraction of sp³-hybridized carbons (Fsp3) is 0.269. The van der Waals surface area contributed by atoms with Crippen molar-refractivity contribution in [2.24, 2.45) is 4.99 Å². The summed E-state index contributed by atoms with van der Waals surface area (Å²) in [7, 11) is 1.65. The monoisotopic (exact) mass is 444 g/mol. The Morgan fingerprint density at radius 2 is 1.94 bits per heavy atom. The Kier molecular flexibility index (Phi) is 5.12. The smallest absolute Gasteiger partial charge is 0.229 e. The molecule has 0 saturated carbocycles. The molecule has 1 saturated heterocycles. The van der Waals surface area contributed by atoms with Gasteiger partial charge in [-0.15, -0.1) is 0 Å². The van der Waals surface area contributed by atoms with Crippen molar-refractivity contribution in [3.63, 3.8) is 0 Å². The van der Waals surface area contributed by atoms with E-state index in [0.717, 1.165) is 33.8 Å². The molecule has 6 nitrogen and oxygen atoms in total. The van der Waals surface area contributed by atoms with Crippen molar-refractivity contribution in [3.05, 3.63) is 83.2 Å². The standard InChI is InChI=1S/C26H25FN4O2/c1-17-14-30(16-29-17)22-10-4-18(13-23(22)33-3)12-19-5-11-24(32)31-25(19)28-15-26(31,2)20-6-8-21(27)9-7-20/h4,6-10,12-14,16H,5,11,15H2,1-3H3/b19-12+. The summed E-state index contributed by atoms with van der Waals surface area (Å²) in [5.74, 6) is 1.18. The van der Waals surface area contributed by atoms with Crippen molar-refractivity contribution in [2.45, 2.75) is 32.2 Å². The maximum atomic E-state index is 13.5. The molecule has 1 fully saturated rings. The Labute approximate surface area is 192 Å². The van der Waals surface area contributed by atoms with Gasteiger partial charge in [0.05, 0.1) is 36.9 Å². The van der Waals surface area contributed by atoms with Crippen LogP contribution in [0.15, 0.2) is 65.6 Å². The van der Waals surface area contributed by atoms with Crippen LogP contribution in [0.3, 0.4) is 0 Å². The van der Waals surface area contributed by atoms with E-state index in [2.05, 4.69) is 11.1 Å². The highest BCUT2D eigenvalue weighted by molar-refractivity contribution is 6.14. The second kappa shape index (κ2) is 7.99. The molecule has 3 heterocycles. The fourth-order valence-corrected chi connectivity index (χ4v) is 4.63. The number of methoxy groups -OCH3 is 1. The maximum absolute atomic E-state index is 13.5. The van der Waals surface area contributed by atoms with Gasteiger partial charge in [-0.25, -0.2) is 9.37 Å². The zero-order chi connectivity index (χ0) is 23.2. The minimum absolute atomic E-state index is 0.0404. The van der Waals surface area contributed by atoms with Crippen LogP contribution in [-0.4, -0.2) is 39.8 Å². The van der Waals surface area contributed by atoms with Gasteiger partial charge in [0, 0.05) is 12.6 Å². The summed E-state index contributed by atoms with van der Waals surface area (Å²) in [4.78, 5) is 23.8. The van der Waals surface area contributed by atoms with E-state index in [4.69, 9.17) is 9.73 Å². The molecule has 5 rings (SSSR count). The number of nitrogens with zero attached hydrogens (tertiary/aromatic N) is 4. The minimum Gasteiger partial charge on any atom is -0.495 e. The average molecular weight is 445 g/mol. The first-order valence-corrected chi connectivity index (χ1v) is 10.9. The number of rotatable bonds is 4. The lowest BCUT2D eigenvalue weighted by atomic mass is 9.88. The number of aryl methyl sites for hydroxylation is 1. The first kappa shape index (κ1) is 21.1. The lowest BCUT2D eigenvalue weighted by Gasteiger charge is -2.39. The normalized spacial score (nSPS) is 21.3. The minimum atomic E-state index is -0.625. The zero-order valence-electron chi connectivity index (χ0n) is 18.9. The molecule has 7 heteroatoms. The Hall–Kier alpha value is -3.74. The van der Waals surface area contributed by atoms with Gasteiger partial charge in [0.1, 0.15) is 17.4 Å². The molecule has 0 bridgehead atoms. The Morgan fingerprint density at radius 3 is 2.64 bits per heavy atom. The fourth-order valence-electron chi connectivity index (χ4n) is 4.63. The third kappa shape index (κ3) is 3.63. The van der Waals surface area contributed by atoms with Gasteiger partial charge >= 0.3 is 0 Å². The second-order valence-electron chi connectivity index (χ2n) is 8.67. The number of carbonyl (C=O) groups excluding carboxylic acids is 1. The highest BCUT2D eigenvalue weighted by Gasteiger charge is 2.46. The number of hydrogen-bond acceptors (Lipinski definition) is 4. The molecule has 2 aliphatic rings. The summed E-state index contributed by atoms with van der Waals surface area (Å²) in [6.45, 7) is 4.38. The molecule has 0 N–H and O–H groups in total. The number of piperidine rings is 1. The lowest BCUT2D eigenvalue weighted by molar-refractivity contribution is -0.131. The number of benzene rings is 2. The topological polar surface area (TPSA) is 59.7 Å². The van der Waals surface area contributed by atoms with Gasteiger partial charge in [-0.1, -0.05) is 18.2 Å². The SMILES string of the molecule is COc1cc(/C=C2\CCC(=O)N3C2=NCC3(C)c2ccc(F)cc2)ccc1-n1cnc(C)c1. The number of halogens is 1. The lowest BCUT2D eigenvalue weighted by Crippen LogP contribution is -2.50. The number of carbonyl (C=O) groups is 1. The van der Waals surface area contributed by atoms with Crippen LogP contribution in [0.4, 0.5) is 4.39 Å². The summed E-state index contributed by atoms with van der Waals surface area (Å²) in [6.07, 6.45) is 6.81. The van der Waals surface area contributed by atoms with Crippen LogP contribution in [0.2, 0.25) is 0 Å². The van der Waals surface area contributed by atoms with Crippen LogP contribution in [-0.2, 0) is 10.3 Å². The van der Waals surface area contributed by atoms with E-state index in [1.165, 1.54) is 12.1 Å². The van der Waals surface area contributed by atoms with Crippen molar-refractivity contribution in [1.29, 1.82) is 0 Å². The molecule has 1 unspecified atom stereocenters. The highest BCUT2D eigenvalue weighted by atomic mass is 19.1. The van der Waals surface area contributed by atoms with E-state index in [-0.39, 0.29) is 11.7 Å². The first-order chi connectivity index (χ1) is 15.9. The van der Waals surface area contributed by atoms with Gasteiger partial charge < -0.3 is 9.30 Å². The number of aliphatic imine (C=N–C) groups is 1. The van der Waals surface area contributed by atoms with E-state index in [9.17, 15) is 9.18 Å². The summed E-state index contributed by atoms with van der Waals surface area (Å²) in [5.41, 5.74) is 4.06. The Balaban J connectivity index is 1.49. The van der Waals surface area contributed by atoms with Crippen molar-refractivity contribution in [3.8, 4) is 11.4 Å². The molecule has 1 amide bonds. The summed E-state index contributed by atoms with van der Waals surface area (Å²) in [5, 5.41) is 0. The van der Waals surface area contributed by atoms with Crippen LogP contribution in [0.1, 0.15) is 36.6 Å². The predicted octanol–water partition coefficient (Wildman–Crippen LogP) is 4.66. The van der Waals surface area contributed by atoms with E-state index in [1.54, 1.807) is 30.5 Å². The van der Waals surface area contributed by atoms with Crippen molar-refractivity contribution < 1.29 is 13.9 Å². The Bertz CT molecular complexity index is 1290. The van der Waals surface area contributed by atoms with Crippen molar-refractivity contribution >= 4 is 17.8 Å². The molecule has 0 radical (unpaired) electrons.